The first-order chi connectivity index (χ1) is 10.6. The highest BCUT2D eigenvalue weighted by Crippen LogP contribution is 2.30. The van der Waals surface area contributed by atoms with Crippen molar-refractivity contribution in [2.45, 2.75) is 44.6 Å². The number of benzene rings is 1. The molecule has 0 unspecified atom stereocenters. The van der Waals surface area contributed by atoms with E-state index >= 15 is 0 Å². The van der Waals surface area contributed by atoms with E-state index in [4.69, 9.17) is 5.73 Å². The summed E-state index contributed by atoms with van der Waals surface area (Å²) < 4.78 is 0. The summed E-state index contributed by atoms with van der Waals surface area (Å²) in [6.45, 7) is 2.06. The molecule has 1 aliphatic carbocycles. The molecule has 124 valence electrons. The van der Waals surface area contributed by atoms with E-state index in [0.717, 1.165) is 36.9 Å². The Labute approximate surface area is 146 Å². The fraction of sp³-hybridized carbons (Fsp3) is 0.412. The Morgan fingerprint density at radius 2 is 1.96 bits per heavy atom. The third kappa shape index (κ3) is 3.91. The molecule has 4 nitrogen and oxygen atoms in total. The Hall–Kier alpha value is -1.43. The molecular formula is C17H22ClN3OS. The third-order valence-electron chi connectivity index (χ3n) is 4.34. The van der Waals surface area contributed by atoms with Crippen LogP contribution in [0.2, 0.25) is 0 Å². The van der Waals surface area contributed by atoms with E-state index in [1.165, 1.54) is 23.3 Å². The molecule has 23 heavy (non-hydrogen) atoms. The smallest absolute Gasteiger partial charge is 0.246 e. The second-order valence-electron chi connectivity index (χ2n) is 6.02. The van der Waals surface area contributed by atoms with Gasteiger partial charge in [0.2, 0.25) is 5.91 Å². The Bertz CT molecular complexity index is 680. The fourth-order valence-corrected chi connectivity index (χ4v) is 3.65. The van der Waals surface area contributed by atoms with Crippen LogP contribution in [0.5, 0.6) is 0 Å². The van der Waals surface area contributed by atoms with E-state index in [0.29, 0.717) is 5.13 Å². The van der Waals surface area contributed by atoms with Gasteiger partial charge in [-0.15, -0.1) is 23.7 Å². The number of hydrogen-bond acceptors (Lipinski definition) is 4. The molecular weight excluding hydrogens is 330 g/mol. The first-order valence-electron chi connectivity index (χ1n) is 7.70. The van der Waals surface area contributed by atoms with Crippen molar-refractivity contribution in [3.63, 3.8) is 0 Å². The minimum absolute atomic E-state index is 0. The first kappa shape index (κ1) is 17.9. The quantitative estimate of drug-likeness (QED) is 0.873. The number of rotatable bonds is 3. The average Bonchev–Trinajstić information content (AvgIpc) is 2.97. The Morgan fingerprint density at radius 1 is 1.26 bits per heavy atom. The standard InChI is InChI=1S/C17H21N3OS.ClH/c1-12-7-3-4-8-13(12)14-11-22-16(19-14)20-15(21)17(18)9-5-2-6-10-17;/h3-4,7-8,11H,2,5-6,9-10,18H2,1H3,(H,19,20,21);1H. The first-order valence-corrected chi connectivity index (χ1v) is 8.58. The minimum atomic E-state index is -0.729. The van der Waals surface area contributed by atoms with Crippen LogP contribution in [-0.2, 0) is 4.79 Å². The summed E-state index contributed by atoms with van der Waals surface area (Å²) in [5.74, 6) is -0.0992. The zero-order valence-electron chi connectivity index (χ0n) is 13.2. The van der Waals surface area contributed by atoms with Crippen LogP contribution in [0.15, 0.2) is 29.6 Å². The van der Waals surface area contributed by atoms with Crippen molar-refractivity contribution in [3.05, 3.63) is 35.2 Å². The Morgan fingerprint density at radius 3 is 2.65 bits per heavy atom. The number of nitrogens with one attached hydrogen (secondary N) is 1. The van der Waals surface area contributed by atoms with Crippen LogP contribution in [0.3, 0.4) is 0 Å². The third-order valence-corrected chi connectivity index (χ3v) is 5.10. The van der Waals surface area contributed by atoms with Gasteiger partial charge in [-0.3, -0.25) is 4.79 Å². The number of hydrogen-bond donors (Lipinski definition) is 2. The summed E-state index contributed by atoms with van der Waals surface area (Å²) in [5.41, 5.74) is 8.70. The van der Waals surface area contributed by atoms with Crippen LogP contribution >= 0.6 is 23.7 Å². The predicted molar refractivity (Wildman–Crippen MR) is 98.2 cm³/mol. The number of halogens is 1. The predicted octanol–water partition coefficient (Wildman–Crippen LogP) is 4.14. The number of carbonyl (C=O) groups excluding carboxylic acids is 1. The minimum Gasteiger partial charge on any atom is -0.317 e. The van der Waals surface area contributed by atoms with Gasteiger partial charge in [0.15, 0.2) is 5.13 Å². The Balaban J connectivity index is 0.00000192. The van der Waals surface area contributed by atoms with Crippen LogP contribution in [0.1, 0.15) is 37.7 Å². The Kier molecular flexibility index (Phi) is 5.79. The van der Waals surface area contributed by atoms with E-state index in [1.807, 2.05) is 23.6 Å². The number of carbonyl (C=O) groups is 1. The molecule has 0 bridgehead atoms. The van der Waals surface area contributed by atoms with E-state index in [2.05, 4.69) is 23.3 Å². The van der Waals surface area contributed by atoms with Gasteiger partial charge in [0.25, 0.3) is 0 Å². The van der Waals surface area contributed by atoms with Gasteiger partial charge in [-0.05, 0) is 25.3 Å². The number of anilines is 1. The second kappa shape index (κ2) is 7.43. The van der Waals surface area contributed by atoms with Crippen LogP contribution in [0.25, 0.3) is 11.3 Å². The molecule has 1 aromatic carbocycles. The maximum atomic E-state index is 12.4. The van der Waals surface area contributed by atoms with Crippen molar-refractivity contribution in [3.8, 4) is 11.3 Å². The van der Waals surface area contributed by atoms with Gasteiger partial charge in [-0.25, -0.2) is 4.98 Å². The van der Waals surface area contributed by atoms with Gasteiger partial charge in [0.05, 0.1) is 11.2 Å². The van der Waals surface area contributed by atoms with Crippen LogP contribution in [0, 0.1) is 6.92 Å². The molecule has 0 spiro atoms. The fourth-order valence-electron chi connectivity index (χ4n) is 2.95. The van der Waals surface area contributed by atoms with Gasteiger partial charge in [0, 0.05) is 10.9 Å². The van der Waals surface area contributed by atoms with Gasteiger partial charge in [-0.1, -0.05) is 43.5 Å². The monoisotopic (exact) mass is 351 g/mol. The van der Waals surface area contributed by atoms with E-state index in [-0.39, 0.29) is 18.3 Å². The molecule has 6 heteroatoms. The molecule has 1 aromatic heterocycles. The average molecular weight is 352 g/mol. The van der Waals surface area contributed by atoms with E-state index in [9.17, 15) is 4.79 Å². The molecule has 1 heterocycles. The second-order valence-corrected chi connectivity index (χ2v) is 6.88. The summed E-state index contributed by atoms with van der Waals surface area (Å²) in [6, 6.07) is 8.11. The molecule has 0 atom stereocenters. The maximum absolute atomic E-state index is 12.4. The summed E-state index contributed by atoms with van der Waals surface area (Å²) in [7, 11) is 0. The molecule has 0 aliphatic heterocycles. The highest BCUT2D eigenvalue weighted by atomic mass is 35.5. The number of aromatic nitrogens is 1. The molecule has 0 saturated heterocycles. The molecule has 1 amide bonds. The summed E-state index contributed by atoms with van der Waals surface area (Å²) in [4.78, 5) is 17.0. The molecule has 1 saturated carbocycles. The van der Waals surface area contributed by atoms with E-state index < -0.39 is 5.54 Å². The van der Waals surface area contributed by atoms with Crippen molar-refractivity contribution in [2.75, 3.05) is 5.32 Å². The summed E-state index contributed by atoms with van der Waals surface area (Å²) >= 11 is 1.45. The lowest BCUT2D eigenvalue weighted by atomic mass is 9.82. The maximum Gasteiger partial charge on any atom is 0.246 e. The highest BCUT2D eigenvalue weighted by Gasteiger charge is 2.35. The van der Waals surface area contributed by atoms with E-state index in [1.54, 1.807) is 0 Å². The lowest BCUT2D eigenvalue weighted by Crippen LogP contribution is -2.52. The van der Waals surface area contributed by atoms with Crippen molar-refractivity contribution in [2.24, 2.45) is 5.73 Å². The van der Waals surface area contributed by atoms with Gasteiger partial charge < -0.3 is 11.1 Å². The van der Waals surface area contributed by atoms with Gasteiger partial charge in [-0.2, -0.15) is 0 Å². The lowest BCUT2D eigenvalue weighted by Gasteiger charge is -2.31. The summed E-state index contributed by atoms with van der Waals surface area (Å²) in [5, 5.41) is 5.50. The number of amides is 1. The van der Waals surface area contributed by atoms with Gasteiger partial charge >= 0.3 is 0 Å². The highest BCUT2D eigenvalue weighted by molar-refractivity contribution is 7.14. The zero-order valence-corrected chi connectivity index (χ0v) is 14.8. The normalized spacial score (nSPS) is 16.4. The molecule has 3 rings (SSSR count). The summed E-state index contributed by atoms with van der Waals surface area (Å²) in [6.07, 6.45) is 4.73. The van der Waals surface area contributed by atoms with Crippen LogP contribution < -0.4 is 11.1 Å². The number of aryl methyl sites for hydroxylation is 1. The van der Waals surface area contributed by atoms with Crippen LogP contribution in [-0.4, -0.2) is 16.4 Å². The molecule has 3 N–H and O–H groups in total. The van der Waals surface area contributed by atoms with Crippen molar-refractivity contribution in [1.82, 2.24) is 4.98 Å². The SMILES string of the molecule is Cc1ccccc1-c1csc(NC(=O)C2(N)CCCCC2)n1.Cl. The molecule has 0 radical (unpaired) electrons. The lowest BCUT2D eigenvalue weighted by molar-refractivity contribution is -0.122. The van der Waals surface area contributed by atoms with Crippen molar-refractivity contribution >= 4 is 34.8 Å². The van der Waals surface area contributed by atoms with Gasteiger partial charge in [0.1, 0.15) is 0 Å². The number of thiazole rings is 1. The molecule has 1 fully saturated rings. The topological polar surface area (TPSA) is 68.0 Å². The number of nitrogens with zero attached hydrogens (tertiary/aromatic N) is 1. The van der Waals surface area contributed by atoms with Crippen molar-refractivity contribution in [1.29, 1.82) is 0 Å². The zero-order chi connectivity index (χ0) is 15.6. The van der Waals surface area contributed by atoms with Crippen molar-refractivity contribution < 1.29 is 4.79 Å². The molecule has 1 aliphatic rings. The number of nitrogens with two attached hydrogens (primary N) is 1. The largest absolute Gasteiger partial charge is 0.317 e. The van der Waals surface area contributed by atoms with Crippen LogP contribution in [0.4, 0.5) is 5.13 Å². The molecule has 2 aromatic rings.